The van der Waals surface area contributed by atoms with Crippen LogP contribution in [0.1, 0.15) is 22.6 Å². The van der Waals surface area contributed by atoms with Crippen LogP contribution in [0.25, 0.3) is 0 Å². The summed E-state index contributed by atoms with van der Waals surface area (Å²) in [5.74, 6) is -2.34. The normalized spacial score (nSPS) is 17.0. The molecule has 3 rings (SSSR count). The van der Waals surface area contributed by atoms with E-state index in [1.54, 1.807) is 11.8 Å². The Morgan fingerprint density at radius 1 is 1.44 bits per heavy atom. The Labute approximate surface area is 151 Å². The molecule has 0 bridgehead atoms. The second-order valence-corrected chi connectivity index (χ2v) is 6.65. The Kier molecular flexibility index (Phi) is 4.58. The maximum Gasteiger partial charge on any atom is 0.271 e. The van der Waals surface area contributed by atoms with Gasteiger partial charge >= 0.3 is 0 Å². The van der Waals surface area contributed by atoms with Crippen LogP contribution in [0.3, 0.4) is 0 Å². The average molecular weight is 406 g/mol. The highest BCUT2D eigenvalue weighted by atomic mass is 79.9. The maximum absolute atomic E-state index is 12.6. The SMILES string of the molecule is Cc1[nH]nc(C(N)=O)c1NC(=O)C1CCN(c2cccc(Br)c2)C1=O. The number of carbonyl (C=O) groups excluding carboxylic acids is 3. The van der Waals surface area contributed by atoms with Gasteiger partial charge in [-0.1, -0.05) is 22.0 Å². The first-order valence-electron chi connectivity index (χ1n) is 7.61. The Bertz CT molecular complexity index is 863. The van der Waals surface area contributed by atoms with Crippen LogP contribution in [0.4, 0.5) is 11.4 Å². The predicted molar refractivity (Wildman–Crippen MR) is 95.1 cm³/mol. The van der Waals surface area contributed by atoms with E-state index < -0.39 is 17.7 Å². The molecule has 3 amide bonds. The summed E-state index contributed by atoms with van der Waals surface area (Å²) in [6, 6.07) is 7.33. The van der Waals surface area contributed by atoms with E-state index in [1.807, 2.05) is 24.3 Å². The van der Waals surface area contributed by atoms with Crippen LogP contribution in [0.5, 0.6) is 0 Å². The molecule has 0 spiro atoms. The first-order valence-corrected chi connectivity index (χ1v) is 8.40. The van der Waals surface area contributed by atoms with E-state index >= 15 is 0 Å². The molecule has 0 saturated carbocycles. The van der Waals surface area contributed by atoms with Crippen molar-refractivity contribution in [3.63, 3.8) is 0 Å². The number of carbonyl (C=O) groups is 3. The fourth-order valence-electron chi connectivity index (χ4n) is 2.79. The summed E-state index contributed by atoms with van der Waals surface area (Å²) in [7, 11) is 0. The number of hydrogen-bond acceptors (Lipinski definition) is 4. The smallest absolute Gasteiger partial charge is 0.271 e. The van der Waals surface area contributed by atoms with Gasteiger partial charge in [0.15, 0.2) is 5.69 Å². The summed E-state index contributed by atoms with van der Waals surface area (Å²) < 4.78 is 0.853. The number of aromatic amines is 1. The zero-order chi connectivity index (χ0) is 18.1. The van der Waals surface area contributed by atoms with Gasteiger partial charge in [-0.05, 0) is 31.5 Å². The zero-order valence-corrected chi connectivity index (χ0v) is 15.0. The Morgan fingerprint density at radius 2 is 2.20 bits per heavy atom. The van der Waals surface area contributed by atoms with E-state index in [-0.39, 0.29) is 17.3 Å². The molecule has 1 unspecified atom stereocenters. The third-order valence-electron chi connectivity index (χ3n) is 4.07. The van der Waals surface area contributed by atoms with Crippen molar-refractivity contribution >= 4 is 45.0 Å². The minimum absolute atomic E-state index is 0.0554. The second-order valence-electron chi connectivity index (χ2n) is 5.74. The van der Waals surface area contributed by atoms with Crippen molar-refractivity contribution in [2.24, 2.45) is 11.7 Å². The van der Waals surface area contributed by atoms with Crippen molar-refractivity contribution < 1.29 is 14.4 Å². The van der Waals surface area contributed by atoms with Crippen molar-refractivity contribution in [3.8, 4) is 0 Å². The molecule has 0 radical (unpaired) electrons. The maximum atomic E-state index is 12.6. The highest BCUT2D eigenvalue weighted by Crippen LogP contribution is 2.28. The number of rotatable bonds is 4. The standard InChI is InChI=1S/C16H16BrN5O3/c1-8-12(13(14(18)23)21-20-8)19-15(24)11-5-6-22(16(11)25)10-4-2-3-9(17)7-10/h2-4,7,11H,5-6H2,1H3,(H2,18,23)(H,19,24)(H,20,21). The number of benzene rings is 1. The van der Waals surface area contributed by atoms with Crippen molar-refractivity contribution in [2.75, 3.05) is 16.8 Å². The van der Waals surface area contributed by atoms with Gasteiger partial charge in [-0.25, -0.2) is 0 Å². The molecule has 1 aliphatic rings. The lowest BCUT2D eigenvalue weighted by Gasteiger charge is -2.17. The average Bonchev–Trinajstić information content (AvgIpc) is 3.11. The summed E-state index contributed by atoms with van der Waals surface area (Å²) in [5.41, 5.74) is 6.63. The molecule has 8 nitrogen and oxygen atoms in total. The lowest BCUT2D eigenvalue weighted by molar-refractivity contribution is -0.129. The van der Waals surface area contributed by atoms with E-state index in [2.05, 4.69) is 31.4 Å². The largest absolute Gasteiger partial charge is 0.364 e. The molecule has 2 heterocycles. The number of nitrogens with zero attached hydrogens (tertiary/aromatic N) is 2. The van der Waals surface area contributed by atoms with E-state index in [9.17, 15) is 14.4 Å². The molecular weight excluding hydrogens is 390 g/mol. The van der Waals surface area contributed by atoms with Gasteiger partial charge in [0.25, 0.3) is 5.91 Å². The van der Waals surface area contributed by atoms with Gasteiger partial charge in [-0.15, -0.1) is 0 Å². The van der Waals surface area contributed by atoms with Crippen LogP contribution < -0.4 is 16.0 Å². The summed E-state index contributed by atoms with van der Waals surface area (Å²) >= 11 is 3.37. The number of nitrogens with two attached hydrogens (primary N) is 1. The fraction of sp³-hybridized carbons (Fsp3) is 0.250. The molecule has 9 heteroatoms. The molecular formula is C16H16BrN5O3. The van der Waals surface area contributed by atoms with Gasteiger partial charge in [0.1, 0.15) is 5.92 Å². The van der Waals surface area contributed by atoms with Crippen LogP contribution in [0.2, 0.25) is 0 Å². The summed E-state index contributed by atoms with van der Waals surface area (Å²) in [5, 5.41) is 8.98. The third kappa shape index (κ3) is 3.27. The van der Waals surface area contributed by atoms with Crippen molar-refractivity contribution in [3.05, 3.63) is 40.1 Å². The molecule has 1 atom stereocenters. The number of hydrogen-bond donors (Lipinski definition) is 3. The fourth-order valence-corrected chi connectivity index (χ4v) is 3.18. The molecule has 4 N–H and O–H groups in total. The van der Waals surface area contributed by atoms with Gasteiger partial charge in [-0.2, -0.15) is 5.10 Å². The van der Waals surface area contributed by atoms with Crippen LogP contribution in [-0.4, -0.2) is 34.5 Å². The van der Waals surface area contributed by atoms with Crippen LogP contribution in [0.15, 0.2) is 28.7 Å². The third-order valence-corrected chi connectivity index (χ3v) is 4.56. The zero-order valence-electron chi connectivity index (χ0n) is 13.4. The molecule has 1 aliphatic heterocycles. The van der Waals surface area contributed by atoms with E-state index in [4.69, 9.17) is 5.73 Å². The Hall–Kier alpha value is -2.68. The Balaban J connectivity index is 1.77. The molecule has 1 saturated heterocycles. The van der Waals surface area contributed by atoms with Gasteiger partial charge < -0.3 is 16.0 Å². The molecule has 1 fully saturated rings. The van der Waals surface area contributed by atoms with Crippen LogP contribution in [0, 0.1) is 12.8 Å². The van der Waals surface area contributed by atoms with E-state index in [1.165, 1.54) is 0 Å². The second kappa shape index (κ2) is 6.67. The van der Waals surface area contributed by atoms with Crippen molar-refractivity contribution in [1.82, 2.24) is 10.2 Å². The number of anilines is 2. The molecule has 1 aromatic heterocycles. The van der Waals surface area contributed by atoms with Crippen molar-refractivity contribution in [2.45, 2.75) is 13.3 Å². The lowest BCUT2D eigenvalue weighted by Crippen LogP contribution is -2.33. The predicted octanol–water partition coefficient (Wildman–Crippen LogP) is 1.57. The number of amides is 3. The number of aromatic nitrogens is 2. The number of halogens is 1. The van der Waals surface area contributed by atoms with Crippen molar-refractivity contribution in [1.29, 1.82) is 0 Å². The van der Waals surface area contributed by atoms with Crippen LogP contribution in [-0.2, 0) is 9.59 Å². The van der Waals surface area contributed by atoms with E-state index in [0.717, 1.165) is 10.2 Å². The molecule has 0 aliphatic carbocycles. The number of nitrogens with one attached hydrogen (secondary N) is 2. The lowest BCUT2D eigenvalue weighted by atomic mass is 10.1. The molecule has 2 aromatic rings. The summed E-state index contributed by atoms with van der Waals surface area (Å²) in [6.07, 6.45) is 0.389. The van der Waals surface area contributed by atoms with E-state index in [0.29, 0.717) is 18.7 Å². The summed E-state index contributed by atoms with van der Waals surface area (Å²) in [6.45, 7) is 2.10. The van der Waals surface area contributed by atoms with Gasteiger partial charge in [0, 0.05) is 16.7 Å². The minimum Gasteiger partial charge on any atom is -0.364 e. The quantitative estimate of drug-likeness (QED) is 0.668. The number of aryl methyl sites for hydroxylation is 1. The molecule has 1 aromatic carbocycles. The monoisotopic (exact) mass is 405 g/mol. The highest BCUT2D eigenvalue weighted by Gasteiger charge is 2.38. The highest BCUT2D eigenvalue weighted by molar-refractivity contribution is 9.10. The van der Waals surface area contributed by atoms with Gasteiger partial charge in [0.2, 0.25) is 11.8 Å². The Morgan fingerprint density at radius 3 is 2.88 bits per heavy atom. The molecule has 25 heavy (non-hydrogen) atoms. The molecule has 130 valence electrons. The number of primary amides is 1. The van der Waals surface area contributed by atoms with Gasteiger partial charge in [0.05, 0.1) is 11.4 Å². The first kappa shape index (κ1) is 17.2. The summed E-state index contributed by atoms with van der Waals surface area (Å²) in [4.78, 5) is 38.1. The minimum atomic E-state index is -0.825. The van der Waals surface area contributed by atoms with Gasteiger partial charge in [-0.3, -0.25) is 19.5 Å². The first-order chi connectivity index (χ1) is 11.9. The number of H-pyrrole nitrogens is 1. The topological polar surface area (TPSA) is 121 Å². The van der Waals surface area contributed by atoms with Crippen LogP contribution >= 0.6 is 15.9 Å².